The number of amides is 1. The van der Waals surface area contributed by atoms with Crippen LogP contribution in [0.4, 0.5) is 5.69 Å². The molecule has 10 nitrogen and oxygen atoms in total. The van der Waals surface area contributed by atoms with Crippen LogP contribution in [-0.2, 0) is 20.5 Å². The number of nitrogens with one attached hydrogen (secondary N) is 2. The lowest BCUT2D eigenvalue weighted by molar-refractivity contribution is 0.0950. The van der Waals surface area contributed by atoms with Crippen molar-refractivity contribution in [1.82, 2.24) is 29.8 Å². The number of nitrogens with zero attached hydrogens (tertiary/aromatic N) is 6. The van der Waals surface area contributed by atoms with Crippen molar-refractivity contribution >= 4 is 23.4 Å². The molecule has 1 aliphatic heterocycles. The van der Waals surface area contributed by atoms with Gasteiger partial charge in [-0.3, -0.25) is 14.2 Å². The van der Waals surface area contributed by atoms with Gasteiger partial charge >= 0.3 is 0 Å². The highest BCUT2D eigenvalue weighted by Crippen LogP contribution is 2.39. The minimum absolute atomic E-state index is 0.136. The number of likely N-dealkylation sites (N-methyl/N-ethyl adjacent to an activating group) is 1. The molecule has 2 aliphatic rings. The average molecular weight is 603 g/mol. The zero-order chi connectivity index (χ0) is 31.5. The number of anilines is 1. The van der Waals surface area contributed by atoms with E-state index in [1.165, 1.54) is 0 Å². The third-order valence-corrected chi connectivity index (χ3v) is 8.01. The van der Waals surface area contributed by atoms with Crippen LogP contribution >= 0.6 is 0 Å². The molecular formula is C35H38N8O2. The van der Waals surface area contributed by atoms with Gasteiger partial charge < -0.3 is 20.3 Å². The van der Waals surface area contributed by atoms with E-state index >= 15 is 0 Å². The van der Waals surface area contributed by atoms with Crippen molar-refractivity contribution in [3.8, 4) is 28.1 Å². The molecule has 10 heteroatoms. The van der Waals surface area contributed by atoms with Crippen molar-refractivity contribution in [3.63, 3.8) is 0 Å². The summed E-state index contributed by atoms with van der Waals surface area (Å²) in [5, 5.41) is 15.5. The van der Waals surface area contributed by atoms with Gasteiger partial charge in [0, 0.05) is 61.9 Å². The Balaban J connectivity index is 1.23. The van der Waals surface area contributed by atoms with E-state index in [1.807, 2.05) is 79.3 Å². The molecule has 2 aromatic heterocycles. The number of fused-ring (bicyclic) bond motifs is 2. The SMILES string of the molecule is COc1cc(C(=O)NCCN(C)C)ccc1NC1=C/C=C/C2=C(/C=N\1)CCc1nn(C)c(-c3ccc(-c4cnn(C)c4)cc3)c12. The van der Waals surface area contributed by atoms with Crippen LogP contribution in [0.25, 0.3) is 28.0 Å². The lowest BCUT2D eigenvalue weighted by Gasteiger charge is -2.19. The Morgan fingerprint density at radius 1 is 1.04 bits per heavy atom. The summed E-state index contributed by atoms with van der Waals surface area (Å²) < 4.78 is 9.43. The number of hydrogen-bond acceptors (Lipinski definition) is 7. The van der Waals surface area contributed by atoms with Gasteiger partial charge in [0.15, 0.2) is 0 Å². The summed E-state index contributed by atoms with van der Waals surface area (Å²) in [4.78, 5) is 19.5. The molecule has 4 aromatic rings. The van der Waals surface area contributed by atoms with E-state index in [0.717, 1.165) is 69.9 Å². The van der Waals surface area contributed by atoms with E-state index in [1.54, 1.807) is 19.2 Å². The van der Waals surface area contributed by atoms with Crippen molar-refractivity contribution in [2.24, 2.45) is 19.1 Å². The van der Waals surface area contributed by atoms with Gasteiger partial charge in [-0.05, 0) is 67.9 Å². The molecule has 2 N–H and O–H groups in total. The Labute approximate surface area is 263 Å². The highest BCUT2D eigenvalue weighted by molar-refractivity contribution is 6.00. The number of ether oxygens (including phenoxy) is 1. The van der Waals surface area contributed by atoms with Gasteiger partial charge in [-0.2, -0.15) is 10.2 Å². The van der Waals surface area contributed by atoms with Gasteiger partial charge in [-0.25, -0.2) is 4.99 Å². The van der Waals surface area contributed by atoms with Crippen LogP contribution in [0, 0.1) is 0 Å². The van der Waals surface area contributed by atoms with E-state index in [-0.39, 0.29) is 5.91 Å². The van der Waals surface area contributed by atoms with Gasteiger partial charge in [0.25, 0.3) is 5.91 Å². The van der Waals surface area contributed by atoms with Crippen LogP contribution < -0.4 is 15.4 Å². The van der Waals surface area contributed by atoms with Crippen LogP contribution in [0.1, 0.15) is 28.0 Å². The maximum absolute atomic E-state index is 12.6. The summed E-state index contributed by atoms with van der Waals surface area (Å²) in [6.07, 6.45) is 13.6. The maximum Gasteiger partial charge on any atom is 0.251 e. The van der Waals surface area contributed by atoms with Crippen LogP contribution in [0.5, 0.6) is 5.75 Å². The molecule has 0 saturated heterocycles. The van der Waals surface area contributed by atoms with Gasteiger partial charge in [0.1, 0.15) is 11.6 Å². The predicted molar refractivity (Wildman–Crippen MR) is 179 cm³/mol. The van der Waals surface area contributed by atoms with E-state index < -0.39 is 0 Å². The lowest BCUT2D eigenvalue weighted by Crippen LogP contribution is -2.31. The number of benzene rings is 2. The second-order valence-corrected chi connectivity index (χ2v) is 11.5. The number of aromatic nitrogens is 4. The van der Waals surface area contributed by atoms with Crippen LogP contribution in [0.3, 0.4) is 0 Å². The first-order chi connectivity index (χ1) is 21.8. The number of carbonyl (C=O) groups is 1. The summed E-state index contributed by atoms with van der Waals surface area (Å²) in [6, 6.07) is 14.0. The molecular weight excluding hydrogens is 564 g/mol. The van der Waals surface area contributed by atoms with Gasteiger partial charge in [-0.15, -0.1) is 0 Å². The highest BCUT2D eigenvalue weighted by Gasteiger charge is 2.26. The first-order valence-electron chi connectivity index (χ1n) is 15.0. The van der Waals surface area contributed by atoms with Crippen molar-refractivity contribution in [3.05, 3.63) is 101 Å². The Bertz CT molecular complexity index is 1850. The minimum atomic E-state index is -0.136. The smallest absolute Gasteiger partial charge is 0.251 e. The normalized spacial score (nSPS) is 16.6. The summed E-state index contributed by atoms with van der Waals surface area (Å²) in [5.41, 5.74) is 10.2. The number of allylic oxidation sites excluding steroid dienone is 5. The molecule has 230 valence electrons. The molecule has 0 saturated carbocycles. The molecule has 0 unspecified atom stereocenters. The minimum Gasteiger partial charge on any atom is -0.495 e. The van der Waals surface area contributed by atoms with Crippen LogP contribution in [-0.4, -0.2) is 70.9 Å². The van der Waals surface area contributed by atoms with E-state index in [0.29, 0.717) is 23.7 Å². The van der Waals surface area contributed by atoms with E-state index in [9.17, 15) is 4.79 Å². The summed E-state index contributed by atoms with van der Waals surface area (Å²) >= 11 is 0. The second-order valence-electron chi connectivity index (χ2n) is 11.5. The predicted octanol–water partition coefficient (Wildman–Crippen LogP) is 5.08. The fourth-order valence-electron chi connectivity index (χ4n) is 5.70. The molecule has 3 heterocycles. The standard InChI is InChI=1S/C35H38N8O2/c1-41(2)18-17-36-35(44)25-13-15-29(31(19-25)45-5)39-32-8-6-7-28-26(20-37-32)14-16-30-33(28)34(43(4)40-30)24-11-9-23(10-12-24)27-21-38-42(3)22-27/h6-13,15,19-22H,14,16-18H2,1-5H3,(H,36,44)(H,37,39). The molecule has 0 bridgehead atoms. The fourth-order valence-corrected chi connectivity index (χ4v) is 5.70. The lowest BCUT2D eigenvalue weighted by atomic mass is 9.86. The quantitative estimate of drug-likeness (QED) is 0.277. The number of methoxy groups -OCH3 is 1. The summed E-state index contributed by atoms with van der Waals surface area (Å²) in [5.74, 6) is 1.10. The zero-order valence-electron chi connectivity index (χ0n) is 26.3. The molecule has 45 heavy (non-hydrogen) atoms. The average Bonchev–Trinajstić information content (AvgIpc) is 3.61. The molecule has 2 aromatic carbocycles. The van der Waals surface area contributed by atoms with Crippen LogP contribution in [0.2, 0.25) is 0 Å². The van der Waals surface area contributed by atoms with Crippen molar-refractivity contribution < 1.29 is 9.53 Å². The maximum atomic E-state index is 12.6. The van der Waals surface area contributed by atoms with Gasteiger partial charge in [0.05, 0.1) is 30.4 Å². The Hall–Kier alpha value is -5.22. The van der Waals surface area contributed by atoms with Crippen LogP contribution in [0.15, 0.2) is 89.5 Å². The van der Waals surface area contributed by atoms with Gasteiger partial charge in [-0.1, -0.05) is 36.4 Å². The fraction of sp³-hybridized carbons (Fsp3) is 0.257. The Morgan fingerprint density at radius 3 is 2.58 bits per heavy atom. The first kappa shape index (κ1) is 29.8. The molecule has 0 radical (unpaired) electrons. The highest BCUT2D eigenvalue weighted by atomic mass is 16.5. The molecule has 1 amide bonds. The van der Waals surface area contributed by atoms with Gasteiger partial charge in [0.2, 0.25) is 0 Å². The molecule has 0 atom stereocenters. The van der Waals surface area contributed by atoms with E-state index in [2.05, 4.69) is 46.1 Å². The van der Waals surface area contributed by atoms with Crippen molar-refractivity contribution in [1.29, 1.82) is 0 Å². The summed E-state index contributed by atoms with van der Waals surface area (Å²) in [7, 11) is 9.48. The monoisotopic (exact) mass is 602 g/mol. The topological polar surface area (TPSA) is 102 Å². The van der Waals surface area contributed by atoms with Crippen molar-refractivity contribution in [2.75, 3.05) is 39.6 Å². The Morgan fingerprint density at radius 2 is 1.84 bits per heavy atom. The second kappa shape index (κ2) is 12.8. The molecule has 1 aliphatic carbocycles. The number of rotatable bonds is 9. The zero-order valence-corrected chi connectivity index (χ0v) is 26.3. The number of aliphatic imine (C=N–C) groups is 1. The first-order valence-corrected chi connectivity index (χ1v) is 15.0. The van der Waals surface area contributed by atoms with Crippen molar-refractivity contribution in [2.45, 2.75) is 12.8 Å². The summed E-state index contributed by atoms with van der Waals surface area (Å²) in [6.45, 7) is 1.34. The number of carbonyl (C=O) groups excluding carboxylic acids is 1. The molecule has 0 spiro atoms. The largest absolute Gasteiger partial charge is 0.495 e. The van der Waals surface area contributed by atoms with E-state index in [4.69, 9.17) is 14.8 Å². The number of aryl methyl sites for hydroxylation is 3. The third kappa shape index (κ3) is 6.37. The molecule has 6 rings (SSSR count). The Kier molecular flexibility index (Phi) is 8.48. The molecule has 0 fully saturated rings. The number of hydrogen-bond donors (Lipinski definition) is 2. The third-order valence-electron chi connectivity index (χ3n) is 8.01.